The molecule has 100 valence electrons. The van der Waals surface area contributed by atoms with Crippen molar-refractivity contribution < 1.29 is 4.74 Å². The lowest BCUT2D eigenvalue weighted by molar-refractivity contribution is 0.0802. The van der Waals surface area contributed by atoms with Crippen molar-refractivity contribution in [2.45, 2.75) is 24.5 Å². The van der Waals surface area contributed by atoms with Gasteiger partial charge in [0.1, 0.15) is 5.82 Å². The monoisotopic (exact) mass is 330 g/mol. The summed E-state index contributed by atoms with van der Waals surface area (Å²) in [5, 5.41) is 3.49. The zero-order chi connectivity index (χ0) is 13.0. The van der Waals surface area contributed by atoms with Crippen LogP contribution in [0.25, 0.3) is 0 Å². The van der Waals surface area contributed by atoms with Crippen LogP contribution in [0.1, 0.15) is 18.4 Å². The SMILES string of the molecule is CSC1(CNc2ncc(Br)cc2C)CCOCC1. The smallest absolute Gasteiger partial charge is 0.128 e. The van der Waals surface area contributed by atoms with E-state index in [1.807, 2.05) is 18.0 Å². The summed E-state index contributed by atoms with van der Waals surface area (Å²) in [5.74, 6) is 0.984. The minimum absolute atomic E-state index is 0.291. The highest BCUT2D eigenvalue weighted by Crippen LogP contribution is 2.34. The van der Waals surface area contributed by atoms with Crippen molar-refractivity contribution in [3.63, 3.8) is 0 Å². The third kappa shape index (κ3) is 3.39. The van der Waals surface area contributed by atoms with Crippen molar-refractivity contribution >= 4 is 33.5 Å². The first kappa shape index (κ1) is 14.2. The summed E-state index contributed by atoms with van der Waals surface area (Å²) in [7, 11) is 0. The van der Waals surface area contributed by atoms with Crippen molar-refractivity contribution in [2.24, 2.45) is 0 Å². The molecule has 1 aromatic heterocycles. The number of anilines is 1. The van der Waals surface area contributed by atoms with Crippen LogP contribution >= 0.6 is 27.7 Å². The summed E-state index contributed by atoms with van der Waals surface area (Å²) in [6.07, 6.45) is 6.24. The van der Waals surface area contributed by atoms with E-state index in [-0.39, 0.29) is 0 Å². The van der Waals surface area contributed by atoms with E-state index in [9.17, 15) is 0 Å². The van der Waals surface area contributed by atoms with Crippen LogP contribution in [-0.4, -0.2) is 35.7 Å². The molecule has 0 aromatic carbocycles. The van der Waals surface area contributed by atoms with Crippen molar-refractivity contribution in [1.82, 2.24) is 4.98 Å². The number of halogens is 1. The topological polar surface area (TPSA) is 34.2 Å². The van der Waals surface area contributed by atoms with E-state index in [0.29, 0.717) is 4.75 Å². The lowest BCUT2D eigenvalue weighted by Crippen LogP contribution is -2.39. The molecule has 1 aliphatic rings. The van der Waals surface area contributed by atoms with E-state index in [4.69, 9.17) is 4.74 Å². The zero-order valence-electron chi connectivity index (χ0n) is 10.8. The molecule has 1 saturated heterocycles. The van der Waals surface area contributed by atoms with Gasteiger partial charge in [-0.2, -0.15) is 11.8 Å². The maximum atomic E-state index is 5.46. The van der Waals surface area contributed by atoms with Crippen LogP contribution in [0.2, 0.25) is 0 Å². The van der Waals surface area contributed by atoms with E-state index >= 15 is 0 Å². The Balaban J connectivity index is 2.01. The predicted octanol–water partition coefficient (Wildman–Crippen LogP) is 3.48. The molecular weight excluding hydrogens is 312 g/mol. The summed E-state index contributed by atoms with van der Waals surface area (Å²) in [6, 6.07) is 2.09. The Morgan fingerprint density at radius 3 is 2.83 bits per heavy atom. The number of aryl methyl sites for hydroxylation is 1. The number of nitrogens with zero attached hydrogens (tertiary/aromatic N) is 1. The zero-order valence-corrected chi connectivity index (χ0v) is 13.2. The highest BCUT2D eigenvalue weighted by molar-refractivity contribution is 9.10. The van der Waals surface area contributed by atoms with Gasteiger partial charge in [0, 0.05) is 35.2 Å². The average Bonchev–Trinajstić information content (AvgIpc) is 2.39. The predicted molar refractivity (Wildman–Crippen MR) is 81.5 cm³/mol. The molecule has 0 spiro atoms. The molecule has 2 heterocycles. The van der Waals surface area contributed by atoms with Gasteiger partial charge in [0.25, 0.3) is 0 Å². The molecule has 5 heteroatoms. The minimum Gasteiger partial charge on any atom is -0.381 e. The maximum absolute atomic E-state index is 5.46. The summed E-state index contributed by atoms with van der Waals surface area (Å²) >= 11 is 5.38. The first-order chi connectivity index (χ1) is 8.65. The summed E-state index contributed by atoms with van der Waals surface area (Å²) in [4.78, 5) is 4.43. The molecule has 1 N–H and O–H groups in total. The third-order valence-corrected chi connectivity index (χ3v) is 5.31. The standard InChI is InChI=1S/C13H19BrN2OS/c1-10-7-11(14)8-15-12(10)16-9-13(18-2)3-5-17-6-4-13/h7-8H,3-6,9H2,1-2H3,(H,15,16). The number of hydrogen-bond acceptors (Lipinski definition) is 4. The Bertz CT molecular complexity index is 408. The largest absolute Gasteiger partial charge is 0.381 e. The molecule has 0 unspecified atom stereocenters. The Morgan fingerprint density at radius 1 is 1.50 bits per heavy atom. The number of thioether (sulfide) groups is 1. The Hall–Kier alpha value is -0.260. The van der Waals surface area contributed by atoms with Gasteiger partial charge in [-0.15, -0.1) is 0 Å². The molecule has 1 fully saturated rings. The first-order valence-electron chi connectivity index (χ1n) is 6.14. The van der Waals surface area contributed by atoms with Crippen LogP contribution < -0.4 is 5.32 Å². The number of nitrogens with one attached hydrogen (secondary N) is 1. The molecule has 1 aromatic rings. The molecule has 2 rings (SSSR count). The first-order valence-corrected chi connectivity index (χ1v) is 8.16. The highest BCUT2D eigenvalue weighted by atomic mass is 79.9. The van der Waals surface area contributed by atoms with Crippen molar-refractivity contribution in [1.29, 1.82) is 0 Å². The lowest BCUT2D eigenvalue weighted by Gasteiger charge is -2.36. The number of aromatic nitrogens is 1. The van der Waals surface area contributed by atoms with Crippen molar-refractivity contribution in [3.8, 4) is 0 Å². The second-order valence-electron chi connectivity index (χ2n) is 4.67. The van der Waals surface area contributed by atoms with E-state index in [0.717, 1.165) is 42.9 Å². The van der Waals surface area contributed by atoms with E-state index in [1.54, 1.807) is 0 Å². The quantitative estimate of drug-likeness (QED) is 0.916. The van der Waals surface area contributed by atoms with Gasteiger partial charge in [0.15, 0.2) is 0 Å². The molecular formula is C13H19BrN2OS. The fraction of sp³-hybridized carbons (Fsp3) is 0.615. The second kappa shape index (κ2) is 6.26. The van der Waals surface area contributed by atoms with Crippen molar-refractivity contribution in [2.75, 3.05) is 31.3 Å². The molecule has 0 saturated carbocycles. The lowest BCUT2D eigenvalue weighted by atomic mass is 9.99. The summed E-state index contributed by atoms with van der Waals surface area (Å²) < 4.78 is 6.77. The molecule has 0 radical (unpaired) electrons. The van der Waals surface area contributed by atoms with Gasteiger partial charge in [-0.3, -0.25) is 0 Å². The van der Waals surface area contributed by atoms with Crippen LogP contribution in [0.3, 0.4) is 0 Å². The van der Waals surface area contributed by atoms with Crippen LogP contribution in [0, 0.1) is 6.92 Å². The van der Waals surface area contributed by atoms with E-state index < -0.39 is 0 Å². The number of pyridine rings is 1. The molecule has 1 aliphatic heterocycles. The van der Waals surface area contributed by atoms with E-state index in [1.165, 1.54) is 5.56 Å². The molecule has 3 nitrogen and oxygen atoms in total. The van der Waals surface area contributed by atoms with Gasteiger partial charge in [0.05, 0.1) is 0 Å². The Kier molecular flexibility index (Phi) is 4.92. The number of hydrogen-bond donors (Lipinski definition) is 1. The van der Waals surface area contributed by atoms with E-state index in [2.05, 4.69) is 45.5 Å². The molecule has 0 amide bonds. The fourth-order valence-corrected chi connectivity index (χ4v) is 3.40. The second-order valence-corrected chi connectivity index (χ2v) is 6.86. The molecule has 18 heavy (non-hydrogen) atoms. The van der Waals surface area contributed by atoms with Gasteiger partial charge in [0.2, 0.25) is 0 Å². The van der Waals surface area contributed by atoms with Crippen LogP contribution in [0.5, 0.6) is 0 Å². The van der Waals surface area contributed by atoms with Crippen LogP contribution in [-0.2, 0) is 4.74 Å². The van der Waals surface area contributed by atoms with Gasteiger partial charge < -0.3 is 10.1 Å². The maximum Gasteiger partial charge on any atom is 0.128 e. The molecule has 0 bridgehead atoms. The number of rotatable bonds is 4. The summed E-state index contributed by atoms with van der Waals surface area (Å²) in [5.41, 5.74) is 1.17. The van der Waals surface area contributed by atoms with Crippen LogP contribution in [0.4, 0.5) is 5.82 Å². The third-order valence-electron chi connectivity index (χ3n) is 3.46. The Morgan fingerprint density at radius 2 is 2.22 bits per heavy atom. The normalized spacial score (nSPS) is 18.6. The minimum atomic E-state index is 0.291. The number of ether oxygens (including phenoxy) is 1. The van der Waals surface area contributed by atoms with Gasteiger partial charge >= 0.3 is 0 Å². The van der Waals surface area contributed by atoms with Crippen molar-refractivity contribution in [3.05, 3.63) is 22.3 Å². The van der Waals surface area contributed by atoms with Crippen LogP contribution in [0.15, 0.2) is 16.7 Å². The molecule has 0 atom stereocenters. The van der Waals surface area contributed by atoms with Gasteiger partial charge in [-0.05, 0) is 53.6 Å². The highest BCUT2D eigenvalue weighted by Gasteiger charge is 2.31. The van der Waals surface area contributed by atoms with Gasteiger partial charge in [-0.1, -0.05) is 0 Å². The summed E-state index contributed by atoms with van der Waals surface area (Å²) in [6.45, 7) is 4.77. The van der Waals surface area contributed by atoms with Gasteiger partial charge in [-0.25, -0.2) is 4.98 Å². The average molecular weight is 331 g/mol. The fourth-order valence-electron chi connectivity index (χ4n) is 2.17. The Labute approximate surface area is 121 Å². The molecule has 0 aliphatic carbocycles.